The Morgan fingerprint density at radius 2 is 2.03 bits per heavy atom. The number of halogens is 3. The number of hydrogen-bond donors (Lipinski definition) is 2. The Morgan fingerprint density at radius 3 is 2.60 bits per heavy atom. The maximum atomic E-state index is 13.0. The molecule has 0 bridgehead atoms. The third-order valence-electron chi connectivity index (χ3n) is 5.41. The average molecular weight is 423 g/mol. The number of aryl methyl sites for hydroxylation is 1. The number of nitrogens with one attached hydrogen (secondary N) is 2. The van der Waals surface area contributed by atoms with Gasteiger partial charge < -0.3 is 10.1 Å². The highest BCUT2D eigenvalue weighted by Gasteiger charge is 2.39. The number of rotatable bonds is 8. The predicted molar refractivity (Wildman–Crippen MR) is 101 cm³/mol. The molecule has 162 valence electrons. The van der Waals surface area contributed by atoms with Gasteiger partial charge in [-0.2, -0.15) is 18.3 Å². The van der Waals surface area contributed by atoms with Crippen LogP contribution in [0.2, 0.25) is 0 Å². The van der Waals surface area contributed by atoms with Crippen molar-refractivity contribution in [3.05, 3.63) is 35.2 Å². The van der Waals surface area contributed by atoms with Crippen LogP contribution in [0.5, 0.6) is 5.75 Å². The highest BCUT2D eigenvalue weighted by Crippen LogP contribution is 2.44. The molecular weight excluding hydrogens is 399 g/mol. The Bertz CT molecular complexity index is 937. The largest absolute Gasteiger partial charge is 0.484 e. The van der Waals surface area contributed by atoms with E-state index in [9.17, 15) is 18.0 Å². The zero-order chi connectivity index (χ0) is 21.5. The zero-order valence-electron chi connectivity index (χ0n) is 16.8. The van der Waals surface area contributed by atoms with Gasteiger partial charge in [0.15, 0.2) is 12.4 Å². The molecule has 30 heavy (non-hydrogen) atoms. The molecule has 2 N–H and O–H groups in total. The van der Waals surface area contributed by atoms with Gasteiger partial charge in [-0.3, -0.25) is 14.9 Å². The third-order valence-corrected chi connectivity index (χ3v) is 5.41. The fraction of sp³-hybridized carbons (Fsp3) is 0.600. The molecule has 0 aliphatic heterocycles. The van der Waals surface area contributed by atoms with E-state index in [1.165, 1.54) is 12.3 Å². The van der Waals surface area contributed by atoms with E-state index in [1.54, 1.807) is 6.92 Å². The molecule has 2 aliphatic rings. The van der Waals surface area contributed by atoms with Crippen LogP contribution in [0.25, 0.3) is 0 Å². The second-order valence-corrected chi connectivity index (χ2v) is 8.46. The summed E-state index contributed by atoms with van der Waals surface area (Å²) < 4.78 is 43.0. The molecule has 0 saturated heterocycles. The first-order valence-electron chi connectivity index (χ1n) is 10.0. The third kappa shape index (κ3) is 4.91. The van der Waals surface area contributed by atoms with E-state index in [4.69, 9.17) is 4.74 Å². The number of pyridine rings is 1. The second kappa shape index (κ2) is 7.55. The fourth-order valence-electron chi connectivity index (χ4n) is 3.56. The van der Waals surface area contributed by atoms with Crippen molar-refractivity contribution in [2.24, 2.45) is 5.92 Å². The van der Waals surface area contributed by atoms with Gasteiger partial charge in [-0.15, -0.1) is 0 Å². The van der Waals surface area contributed by atoms with Gasteiger partial charge in [0.05, 0.1) is 5.54 Å². The summed E-state index contributed by atoms with van der Waals surface area (Å²) in [6, 6.07) is 1.30. The number of aromatic amines is 1. The summed E-state index contributed by atoms with van der Waals surface area (Å²) in [7, 11) is 0. The molecule has 1 atom stereocenters. The van der Waals surface area contributed by atoms with Crippen molar-refractivity contribution in [2.45, 2.75) is 63.6 Å². The van der Waals surface area contributed by atoms with Crippen LogP contribution in [0.1, 0.15) is 72.6 Å². The van der Waals surface area contributed by atoms with Crippen LogP contribution in [0.4, 0.5) is 13.2 Å². The van der Waals surface area contributed by atoms with Gasteiger partial charge in [0.25, 0.3) is 5.91 Å². The van der Waals surface area contributed by atoms with Crippen LogP contribution in [-0.4, -0.2) is 38.9 Å². The summed E-state index contributed by atoms with van der Waals surface area (Å²) in [6.07, 6.45) is 1.58. The van der Waals surface area contributed by atoms with Crippen LogP contribution in [0, 0.1) is 12.8 Å². The summed E-state index contributed by atoms with van der Waals surface area (Å²) in [5.74, 6) is 1.28. The maximum Gasteiger partial charge on any atom is 0.422 e. The summed E-state index contributed by atoms with van der Waals surface area (Å²) in [5, 5.41) is 9.96. The summed E-state index contributed by atoms with van der Waals surface area (Å²) in [5.41, 5.74) is -0.195. The van der Waals surface area contributed by atoms with E-state index in [0.717, 1.165) is 25.7 Å². The number of carbonyl (C=O) groups is 1. The van der Waals surface area contributed by atoms with Gasteiger partial charge in [-0.25, -0.2) is 4.98 Å². The Kier molecular flexibility index (Phi) is 5.19. The molecule has 2 fully saturated rings. The molecule has 2 aromatic heterocycles. The SMILES string of the molecule is Cc1nc(C(C)(CC2CC2)NC(=O)c2cc(OCC(F)(F)F)c(C3CC3)cn2)n[nH]1. The molecule has 1 amide bonds. The quantitative estimate of drug-likeness (QED) is 0.674. The van der Waals surface area contributed by atoms with Crippen LogP contribution in [0.3, 0.4) is 0 Å². The predicted octanol–water partition coefficient (Wildman–Crippen LogP) is 3.77. The number of nitrogens with zero attached hydrogens (tertiary/aromatic N) is 3. The Hall–Kier alpha value is -2.65. The molecule has 2 aromatic rings. The van der Waals surface area contributed by atoms with Crippen molar-refractivity contribution in [3.63, 3.8) is 0 Å². The minimum atomic E-state index is -4.46. The van der Waals surface area contributed by atoms with E-state index in [0.29, 0.717) is 29.6 Å². The number of aromatic nitrogens is 4. The average Bonchev–Trinajstić information content (AvgIpc) is 3.59. The molecule has 7 nitrogen and oxygen atoms in total. The van der Waals surface area contributed by atoms with E-state index in [2.05, 4.69) is 25.5 Å². The summed E-state index contributed by atoms with van der Waals surface area (Å²) in [4.78, 5) is 21.6. The number of ether oxygens (including phenoxy) is 1. The second-order valence-electron chi connectivity index (χ2n) is 8.46. The van der Waals surface area contributed by atoms with Gasteiger partial charge in [-0.05, 0) is 44.9 Å². The lowest BCUT2D eigenvalue weighted by atomic mass is 9.93. The molecule has 2 saturated carbocycles. The number of carbonyl (C=O) groups excluding carboxylic acids is 1. The highest BCUT2D eigenvalue weighted by atomic mass is 19.4. The lowest BCUT2D eigenvalue weighted by Crippen LogP contribution is -2.45. The molecule has 2 aliphatic carbocycles. The minimum absolute atomic E-state index is 0.00542. The Morgan fingerprint density at radius 1 is 1.30 bits per heavy atom. The highest BCUT2D eigenvalue weighted by molar-refractivity contribution is 5.93. The van der Waals surface area contributed by atoms with Crippen molar-refractivity contribution in [1.29, 1.82) is 0 Å². The Labute approximate surface area is 171 Å². The molecule has 1 unspecified atom stereocenters. The van der Waals surface area contributed by atoms with E-state index in [1.807, 2.05) is 6.92 Å². The normalized spacial score (nSPS) is 18.7. The maximum absolute atomic E-state index is 13.0. The summed E-state index contributed by atoms with van der Waals surface area (Å²) >= 11 is 0. The first-order valence-corrected chi connectivity index (χ1v) is 10.0. The number of H-pyrrole nitrogens is 1. The van der Waals surface area contributed by atoms with Gasteiger partial charge in [0.2, 0.25) is 0 Å². The smallest absolute Gasteiger partial charge is 0.422 e. The van der Waals surface area contributed by atoms with Gasteiger partial charge in [-0.1, -0.05) is 12.8 Å². The molecule has 10 heteroatoms. The monoisotopic (exact) mass is 423 g/mol. The van der Waals surface area contributed by atoms with Gasteiger partial charge >= 0.3 is 6.18 Å². The van der Waals surface area contributed by atoms with Crippen LogP contribution < -0.4 is 10.1 Å². The fourth-order valence-corrected chi connectivity index (χ4v) is 3.56. The lowest BCUT2D eigenvalue weighted by molar-refractivity contribution is -0.153. The van der Waals surface area contributed by atoms with Crippen LogP contribution >= 0.6 is 0 Å². The van der Waals surface area contributed by atoms with Gasteiger partial charge in [0, 0.05) is 17.8 Å². The van der Waals surface area contributed by atoms with E-state index in [-0.39, 0.29) is 17.4 Å². The first-order chi connectivity index (χ1) is 14.1. The van der Waals surface area contributed by atoms with Crippen molar-refractivity contribution in [3.8, 4) is 5.75 Å². The number of alkyl halides is 3. The lowest BCUT2D eigenvalue weighted by Gasteiger charge is -2.28. The topological polar surface area (TPSA) is 92.8 Å². The molecule has 4 rings (SSSR count). The molecule has 0 radical (unpaired) electrons. The van der Waals surface area contributed by atoms with E-state index >= 15 is 0 Å². The molecule has 2 heterocycles. The van der Waals surface area contributed by atoms with E-state index < -0.39 is 24.2 Å². The molecule has 0 spiro atoms. The van der Waals surface area contributed by atoms with Crippen molar-refractivity contribution < 1.29 is 22.7 Å². The summed E-state index contributed by atoms with van der Waals surface area (Å²) in [6.45, 7) is 2.22. The van der Waals surface area contributed by atoms with Crippen LogP contribution in [-0.2, 0) is 5.54 Å². The molecular formula is C20H24F3N5O2. The van der Waals surface area contributed by atoms with Crippen molar-refractivity contribution in [2.75, 3.05) is 6.61 Å². The standard InChI is InChI=1S/C20H24F3N5O2/c1-11-25-18(28-27-11)19(2,8-12-3-4-12)26-17(29)15-7-16(30-10-20(21,22)23)14(9-24-15)13-5-6-13/h7,9,12-13H,3-6,8,10H2,1-2H3,(H,26,29)(H,25,27,28). The molecule has 0 aromatic carbocycles. The van der Waals surface area contributed by atoms with Crippen molar-refractivity contribution in [1.82, 2.24) is 25.5 Å². The van der Waals surface area contributed by atoms with Crippen LogP contribution in [0.15, 0.2) is 12.3 Å². The number of hydrogen-bond acceptors (Lipinski definition) is 5. The zero-order valence-corrected chi connectivity index (χ0v) is 16.8. The Balaban J connectivity index is 1.56. The van der Waals surface area contributed by atoms with Crippen molar-refractivity contribution >= 4 is 5.91 Å². The van der Waals surface area contributed by atoms with Gasteiger partial charge in [0.1, 0.15) is 17.3 Å². The first kappa shape index (κ1) is 20.6. The number of amides is 1. The minimum Gasteiger partial charge on any atom is -0.484 e.